The Morgan fingerprint density at radius 1 is 1.33 bits per heavy atom. The van der Waals surface area contributed by atoms with E-state index in [0.717, 1.165) is 5.56 Å². The second kappa shape index (κ2) is 7.49. The van der Waals surface area contributed by atoms with Gasteiger partial charge in [0, 0.05) is 6.54 Å². The van der Waals surface area contributed by atoms with Crippen LogP contribution in [-0.2, 0) is 11.2 Å². The highest BCUT2D eigenvalue weighted by Gasteiger charge is 2.16. The second-order valence-corrected chi connectivity index (χ2v) is 6.08. The lowest BCUT2D eigenvalue weighted by Crippen LogP contribution is -2.33. The Bertz CT molecular complexity index is 500. The van der Waals surface area contributed by atoms with E-state index in [1.807, 2.05) is 26.8 Å². The fraction of sp³-hybridized carbons (Fsp3) is 0.571. The fourth-order valence-electron chi connectivity index (χ4n) is 1.58. The number of hydrogen-bond acceptors (Lipinski definition) is 5. The molecule has 0 bridgehead atoms. The number of aromatic nitrogens is 1. The lowest BCUT2D eigenvalue weighted by atomic mass is 10.2. The van der Waals surface area contributed by atoms with Gasteiger partial charge in [0.25, 0.3) is 5.88 Å². The van der Waals surface area contributed by atoms with Gasteiger partial charge in [-0.3, -0.25) is 0 Å². The van der Waals surface area contributed by atoms with Crippen molar-refractivity contribution in [3.05, 3.63) is 16.2 Å². The Balaban J connectivity index is 2.62. The summed E-state index contributed by atoms with van der Waals surface area (Å²) in [5.74, 6) is 0.959. The van der Waals surface area contributed by atoms with E-state index < -0.39 is 11.7 Å². The third-order valence-electron chi connectivity index (χ3n) is 2.46. The molecule has 0 spiro atoms. The van der Waals surface area contributed by atoms with E-state index >= 15 is 0 Å². The monoisotopic (exact) mass is 360 g/mol. The molecule has 0 aromatic carbocycles. The first kappa shape index (κ1) is 17.6. The molecule has 1 rings (SSSR count). The Hall–Kier alpha value is -1.50. The van der Waals surface area contributed by atoms with Crippen LogP contribution in [0.4, 0.5) is 4.79 Å². The molecule has 1 heterocycles. The van der Waals surface area contributed by atoms with Crippen LogP contribution in [0.15, 0.2) is 10.7 Å². The van der Waals surface area contributed by atoms with Crippen LogP contribution in [0, 0.1) is 0 Å². The van der Waals surface area contributed by atoms with Crippen LogP contribution < -0.4 is 14.8 Å². The van der Waals surface area contributed by atoms with Crippen LogP contribution in [0.1, 0.15) is 26.3 Å². The molecular weight excluding hydrogens is 340 g/mol. The van der Waals surface area contributed by atoms with Gasteiger partial charge in [-0.1, -0.05) is 0 Å². The van der Waals surface area contributed by atoms with Crippen LogP contribution in [0.5, 0.6) is 11.6 Å². The minimum absolute atomic E-state index is 0.410. The number of alkyl carbamates (subject to hydrolysis) is 1. The van der Waals surface area contributed by atoms with E-state index in [1.165, 1.54) is 7.11 Å². The summed E-state index contributed by atoms with van der Waals surface area (Å²) in [6, 6.07) is 1.83. The number of ether oxygens (including phenoxy) is 3. The van der Waals surface area contributed by atoms with Crippen molar-refractivity contribution in [2.45, 2.75) is 32.8 Å². The summed E-state index contributed by atoms with van der Waals surface area (Å²) >= 11 is 3.38. The van der Waals surface area contributed by atoms with Crippen LogP contribution >= 0.6 is 15.9 Å². The van der Waals surface area contributed by atoms with Crippen LogP contribution in [0.25, 0.3) is 0 Å². The second-order valence-electron chi connectivity index (χ2n) is 5.33. The van der Waals surface area contributed by atoms with E-state index in [9.17, 15) is 4.79 Å². The molecule has 1 aromatic heterocycles. The minimum atomic E-state index is -0.504. The van der Waals surface area contributed by atoms with Crippen molar-refractivity contribution in [3.8, 4) is 11.6 Å². The first-order valence-corrected chi connectivity index (χ1v) is 7.30. The number of hydrogen-bond donors (Lipinski definition) is 1. The predicted molar refractivity (Wildman–Crippen MR) is 83.0 cm³/mol. The molecule has 0 fully saturated rings. The van der Waals surface area contributed by atoms with Crippen molar-refractivity contribution in [1.82, 2.24) is 10.3 Å². The first-order chi connectivity index (χ1) is 9.76. The Morgan fingerprint density at radius 3 is 2.52 bits per heavy atom. The largest absolute Gasteiger partial charge is 0.491 e. The Labute approximate surface area is 133 Å². The maximum Gasteiger partial charge on any atom is 0.407 e. The lowest BCUT2D eigenvalue weighted by Gasteiger charge is -2.19. The van der Waals surface area contributed by atoms with Gasteiger partial charge >= 0.3 is 6.09 Å². The molecule has 1 N–H and O–H groups in total. The standard InChI is InChI=1S/C14H21BrN2O4/c1-14(2,3)21-13(18)16-7-6-9-8-10(19-4)12(20-5)17-11(9)15/h8H,6-7H2,1-5H3,(H,16,18). The molecule has 1 amide bonds. The summed E-state index contributed by atoms with van der Waals surface area (Å²) in [5.41, 5.74) is 0.402. The van der Waals surface area contributed by atoms with E-state index in [-0.39, 0.29) is 0 Å². The number of halogens is 1. The van der Waals surface area contributed by atoms with E-state index in [1.54, 1.807) is 7.11 Å². The van der Waals surface area contributed by atoms with E-state index in [0.29, 0.717) is 29.2 Å². The molecule has 0 radical (unpaired) electrons. The smallest absolute Gasteiger partial charge is 0.407 e. The number of amides is 1. The Morgan fingerprint density at radius 2 is 2.00 bits per heavy atom. The van der Waals surface area contributed by atoms with Gasteiger partial charge < -0.3 is 19.5 Å². The molecule has 0 aliphatic heterocycles. The molecule has 0 aliphatic rings. The molecule has 7 heteroatoms. The fourth-order valence-corrected chi connectivity index (χ4v) is 2.05. The third-order valence-corrected chi connectivity index (χ3v) is 3.14. The van der Waals surface area contributed by atoms with Crippen molar-refractivity contribution in [2.75, 3.05) is 20.8 Å². The van der Waals surface area contributed by atoms with Gasteiger partial charge in [-0.2, -0.15) is 0 Å². The van der Waals surface area contributed by atoms with Crippen LogP contribution in [0.2, 0.25) is 0 Å². The van der Waals surface area contributed by atoms with E-state index in [4.69, 9.17) is 14.2 Å². The number of carbonyl (C=O) groups is 1. The summed E-state index contributed by atoms with van der Waals surface area (Å²) < 4.78 is 16.1. The summed E-state index contributed by atoms with van der Waals surface area (Å²) in [6.07, 6.45) is 0.153. The van der Waals surface area contributed by atoms with Gasteiger partial charge in [-0.25, -0.2) is 9.78 Å². The van der Waals surface area contributed by atoms with Crippen molar-refractivity contribution >= 4 is 22.0 Å². The van der Waals surface area contributed by atoms with Gasteiger partial charge in [0.05, 0.1) is 14.2 Å². The van der Waals surface area contributed by atoms with Crippen LogP contribution in [-0.4, -0.2) is 37.4 Å². The van der Waals surface area contributed by atoms with Gasteiger partial charge in [0.2, 0.25) is 0 Å². The van der Waals surface area contributed by atoms with E-state index in [2.05, 4.69) is 26.2 Å². The highest BCUT2D eigenvalue weighted by atomic mass is 79.9. The zero-order valence-electron chi connectivity index (χ0n) is 12.9. The number of nitrogens with one attached hydrogen (secondary N) is 1. The lowest BCUT2D eigenvalue weighted by molar-refractivity contribution is 0.0528. The van der Waals surface area contributed by atoms with Crippen molar-refractivity contribution in [1.29, 1.82) is 0 Å². The van der Waals surface area contributed by atoms with Crippen molar-refractivity contribution < 1.29 is 19.0 Å². The molecule has 0 atom stereocenters. The molecule has 118 valence electrons. The third kappa shape index (κ3) is 5.79. The molecule has 0 saturated heterocycles. The number of nitrogens with zero attached hydrogens (tertiary/aromatic N) is 1. The highest BCUT2D eigenvalue weighted by molar-refractivity contribution is 9.10. The first-order valence-electron chi connectivity index (χ1n) is 6.51. The van der Waals surface area contributed by atoms with Gasteiger partial charge in [-0.15, -0.1) is 0 Å². The molecular formula is C14H21BrN2O4. The normalized spacial score (nSPS) is 11.0. The zero-order chi connectivity index (χ0) is 16.0. The van der Waals surface area contributed by atoms with Gasteiger partial charge in [0.15, 0.2) is 5.75 Å². The Kier molecular flexibility index (Phi) is 6.26. The molecule has 6 nitrogen and oxygen atoms in total. The summed E-state index contributed by atoms with van der Waals surface area (Å²) in [5, 5.41) is 2.70. The topological polar surface area (TPSA) is 69.7 Å². The number of pyridine rings is 1. The minimum Gasteiger partial charge on any atom is -0.491 e. The van der Waals surface area contributed by atoms with Gasteiger partial charge in [-0.05, 0) is 54.8 Å². The average Bonchev–Trinajstić information content (AvgIpc) is 2.38. The maximum absolute atomic E-state index is 11.6. The SMILES string of the molecule is COc1cc(CCNC(=O)OC(C)(C)C)c(Br)nc1OC. The zero-order valence-corrected chi connectivity index (χ0v) is 14.5. The summed E-state index contributed by atoms with van der Waals surface area (Å²) in [7, 11) is 3.08. The summed E-state index contributed by atoms with van der Waals surface area (Å²) in [4.78, 5) is 15.8. The van der Waals surface area contributed by atoms with Crippen molar-refractivity contribution in [2.24, 2.45) is 0 Å². The maximum atomic E-state index is 11.6. The predicted octanol–water partition coefficient (Wildman–Crippen LogP) is 2.93. The van der Waals surface area contributed by atoms with Crippen LogP contribution in [0.3, 0.4) is 0 Å². The number of carbonyl (C=O) groups excluding carboxylic acids is 1. The van der Waals surface area contributed by atoms with Crippen molar-refractivity contribution in [3.63, 3.8) is 0 Å². The highest BCUT2D eigenvalue weighted by Crippen LogP contribution is 2.29. The number of methoxy groups -OCH3 is 2. The molecule has 0 unspecified atom stereocenters. The molecule has 21 heavy (non-hydrogen) atoms. The van der Waals surface area contributed by atoms with Gasteiger partial charge in [0.1, 0.15) is 10.2 Å². The molecule has 0 saturated carbocycles. The average molecular weight is 361 g/mol. The quantitative estimate of drug-likeness (QED) is 0.817. The molecule has 0 aliphatic carbocycles. The number of rotatable bonds is 5. The molecule has 1 aromatic rings. The summed E-state index contributed by atoms with van der Waals surface area (Å²) in [6.45, 7) is 5.90.